The minimum Gasteiger partial charge on any atom is -0.467 e. The van der Waals surface area contributed by atoms with E-state index in [2.05, 4.69) is 5.32 Å². The summed E-state index contributed by atoms with van der Waals surface area (Å²) in [6, 6.07) is -0.587. The second kappa shape index (κ2) is 6.22. The maximum Gasteiger partial charge on any atom is 0.408 e. The number of nitrogens with zero attached hydrogens (tertiary/aromatic N) is 1. The van der Waals surface area contributed by atoms with Crippen molar-refractivity contribution in [1.29, 1.82) is 0 Å². The Kier molecular flexibility index (Phi) is 4.84. The standard InChI is InChI=1S/C15H24N2O5S/c1-6-15(16-13(20)22-14(2,3)4)7-10-17(12(15)19)9(8-23-10)11(18)21-5/h9-10H,6-8H2,1-5H3,(H,16,20). The third-order valence-corrected chi connectivity index (χ3v) is 5.36. The molecule has 2 aliphatic heterocycles. The molecule has 2 amide bonds. The zero-order valence-electron chi connectivity index (χ0n) is 14.2. The highest BCUT2D eigenvalue weighted by atomic mass is 32.2. The van der Waals surface area contributed by atoms with Gasteiger partial charge in [0.1, 0.15) is 17.2 Å². The normalized spacial score (nSPS) is 30.1. The second-order valence-electron chi connectivity index (χ2n) is 6.81. The van der Waals surface area contributed by atoms with Crippen LogP contribution in [0.3, 0.4) is 0 Å². The maximum atomic E-state index is 12.9. The number of esters is 1. The van der Waals surface area contributed by atoms with Crippen molar-refractivity contribution in [2.75, 3.05) is 12.9 Å². The molecule has 8 heteroatoms. The van der Waals surface area contributed by atoms with Gasteiger partial charge in [-0.15, -0.1) is 11.8 Å². The van der Waals surface area contributed by atoms with E-state index in [0.29, 0.717) is 18.6 Å². The van der Waals surface area contributed by atoms with Gasteiger partial charge in [0.05, 0.1) is 12.5 Å². The Hall–Kier alpha value is -1.44. The van der Waals surface area contributed by atoms with Gasteiger partial charge in [-0.25, -0.2) is 9.59 Å². The number of thioether (sulfide) groups is 1. The average Bonchev–Trinajstić information content (AvgIpc) is 2.96. The van der Waals surface area contributed by atoms with Crippen LogP contribution in [0.4, 0.5) is 4.79 Å². The van der Waals surface area contributed by atoms with Crippen molar-refractivity contribution in [1.82, 2.24) is 10.2 Å². The van der Waals surface area contributed by atoms with Crippen molar-refractivity contribution in [3.63, 3.8) is 0 Å². The van der Waals surface area contributed by atoms with Gasteiger partial charge in [0.15, 0.2) is 0 Å². The monoisotopic (exact) mass is 344 g/mol. The fourth-order valence-corrected chi connectivity index (χ4v) is 4.44. The molecule has 2 saturated heterocycles. The Balaban J connectivity index is 2.17. The minimum atomic E-state index is -1.02. The van der Waals surface area contributed by atoms with Crippen LogP contribution in [-0.4, -0.2) is 58.3 Å². The highest BCUT2D eigenvalue weighted by Crippen LogP contribution is 2.43. The van der Waals surface area contributed by atoms with Crippen LogP contribution in [0.5, 0.6) is 0 Å². The number of hydrogen-bond donors (Lipinski definition) is 1. The molecule has 0 aromatic rings. The van der Waals surface area contributed by atoms with E-state index in [1.807, 2.05) is 6.92 Å². The molecular weight excluding hydrogens is 320 g/mol. The van der Waals surface area contributed by atoms with Crippen LogP contribution >= 0.6 is 11.8 Å². The van der Waals surface area contributed by atoms with Crippen molar-refractivity contribution in [3.8, 4) is 0 Å². The fraction of sp³-hybridized carbons (Fsp3) is 0.800. The molecule has 0 aromatic carbocycles. The topological polar surface area (TPSA) is 84.9 Å². The molecule has 3 unspecified atom stereocenters. The van der Waals surface area contributed by atoms with Gasteiger partial charge in [0, 0.05) is 12.2 Å². The third kappa shape index (κ3) is 3.41. The summed E-state index contributed by atoms with van der Waals surface area (Å²) in [5.74, 6) is -0.135. The summed E-state index contributed by atoms with van der Waals surface area (Å²) in [6.07, 6.45) is 0.278. The highest BCUT2D eigenvalue weighted by Gasteiger charge is 2.58. The number of fused-ring (bicyclic) bond motifs is 1. The molecule has 2 fully saturated rings. The van der Waals surface area contributed by atoms with Crippen molar-refractivity contribution in [2.45, 2.75) is 63.1 Å². The van der Waals surface area contributed by atoms with E-state index in [1.54, 1.807) is 25.7 Å². The zero-order valence-corrected chi connectivity index (χ0v) is 15.0. The van der Waals surface area contributed by atoms with Gasteiger partial charge in [-0.05, 0) is 27.2 Å². The summed E-state index contributed by atoms with van der Waals surface area (Å²) in [5.41, 5.74) is -1.66. The molecule has 0 aromatic heterocycles. The predicted octanol–water partition coefficient (Wildman–Crippen LogP) is 1.51. The maximum absolute atomic E-state index is 12.9. The fourth-order valence-electron chi connectivity index (χ4n) is 2.93. The molecule has 0 aliphatic carbocycles. The highest BCUT2D eigenvalue weighted by molar-refractivity contribution is 8.00. The van der Waals surface area contributed by atoms with E-state index in [0.717, 1.165) is 0 Å². The average molecular weight is 344 g/mol. The number of rotatable bonds is 3. The molecule has 130 valence electrons. The van der Waals surface area contributed by atoms with Crippen LogP contribution in [0.15, 0.2) is 0 Å². The Morgan fingerprint density at radius 1 is 1.43 bits per heavy atom. The van der Waals surface area contributed by atoms with Crippen molar-refractivity contribution < 1.29 is 23.9 Å². The lowest BCUT2D eigenvalue weighted by molar-refractivity contribution is -0.151. The third-order valence-electron chi connectivity index (χ3n) is 4.08. The van der Waals surface area contributed by atoms with Crippen LogP contribution in [0.1, 0.15) is 40.5 Å². The molecule has 1 N–H and O–H groups in total. The van der Waals surface area contributed by atoms with Crippen LogP contribution in [0, 0.1) is 0 Å². The van der Waals surface area contributed by atoms with Crippen LogP contribution < -0.4 is 5.32 Å². The number of nitrogens with one attached hydrogen (secondary N) is 1. The SMILES string of the molecule is CCC1(NC(=O)OC(C)(C)C)CC2SCC(C(=O)OC)N2C1=O. The smallest absolute Gasteiger partial charge is 0.408 e. The number of methoxy groups -OCH3 is 1. The molecule has 0 spiro atoms. The molecule has 0 bridgehead atoms. The van der Waals surface area contributed by atoms with Crippen LogP contribution in [0.25, 0.3) is 0 Å². The van der Waals surface area contributed by atoms with E-state index in [1.165, 1.54) is 18.9 Å². The molecular formula is C15H24N2O5S. The second-order valence-corrected chi connectivity index (χ2v) is 8.02. The lowest BCUT2D eigenvalue weighted by Gasteiger charge is -2.30. The largest absolute Gasteiger partial charge is 0.467 e. The van der Waals surface area contributed by atoms with E-state index in [4.69, 9.17) is 9.47 Å². The number of carbonyl (C=O) groups is 3. The zero-order chi connectivity index (χ0) is 17.4. The lowest BCUT2D eigenvalue weighted by Crippen LogP contribution is -2.56. The number of hydrogen-bond acceptors (Lipinski definition) is 6. The predicted molar refractivity (Wildman–Crippen MR) is 85.9 cm³/mol. The van der Waals surface area contributed by atoms with Gasteiger partial charge < -0.3 is 19.7 Å². The molecule has 2 rings (SSSR count). The summed E-state index contributed by atoms with van der Waals surface area (Å²) < 4.78 is 10.1. The minimum absolute atomic E-state index is 0.124. The van der Waals surface area contributed by atoms with Crippen LogP contribution in [-0.2, 0) is 19.1 Å². The van der Waals surface area contributed by atoms with E-state index >= 15 is 0 Å². The molecule has 0 saturated carbocycles. The molecule has 0 radical (unpaired) electrons. The van der Waals surface area contributed by atoms with E-state index in [-0.39, 0.29) is 11.3 Å². The van der Waals surface area contributed by atoms with Crippen molar-refractivity contribution in [3.05, 3.63) is 0 Å². The number of ether oxygens (including phenoxy) is 2. The Bertz CT molecular complexity index is 518. The summed E-state index contributed by atoms with van der Waals surface area (Å²) in [7, 11) is 1.31. The Morgan fingerprint density at radius 3 is 2.61 bits per heavy atom. The number of carbonyl (C=O) groups excluding carboxylic acids is 3. The lowest BCUT2D eigenvalue weighted by atomic mass is 9.94. The van der Waals surface area contributed by atoms with Gasteiger partial charge in [-0.3, -0.25) is 4.79 Å². The number of amides is 2. The molecule has 2 aliphatic rings. The Morgan fingerprint density at radius 2 is 2.09 bits per heavy atom. The van der Waals surface area contributed by atoms with Gasteiger partial charge in [0.25, 0.3) is 0 Å². The Labute approximate surface area is 140 Å². The summed E-state index contributed by atoms with van der Waals surface area (Å²) >= 11 is 1.54. The van der Waals surface area contributed by atoms with Gasteiger partial charge in [0.2, 0.25) is 5.91 Å². The van der Waals surface area contributed by atoms with E-state index < -0.39 is 29.2 Å². The molecule has 7 nitrogen and oxygen atoms in total. The quantitative estimate of drug-likeness (QED) is 0.781. The van der Waals surface area contributed by atoms with Crippen molar-refractivity contribution >= 4 is 29.7 Å². The van der Waals surface area contributed by atoms with Gasteiger partial charge in [-0.1, -0.05) is 6.92 Å². The van der Waals surface area contributed by atoms with Crippen LogP contribution in [0.2, 0.25) is 0 Å². The van der Waals surface area contributed by atoms with Crippen molar-refractivity contribution in [2.24, 2.45) is 0 Å². The molecule has 3 atom stereocenters. The summed E-state index contributed by atoms with van der Waals surface area (Å²) in [6.45, 7) is 7.14. The number of alkyl carbamates (subject to hydrolysis) is 1. The first kappa shape index (κ1) is 17.9. The van der Waals surface area contributed by atoms with Gasteiger partial charge >= 0.3 is 12.1 Å². The summed E-state index contributed by atoms with van der Waals surface area (Å²) in [5, 5.41) is 2.61. The first-order valence-electron chi connectivity index (χ1n) is 7.67. The molecule has 2 heterocycles. The first-order valence-corrected chi connectivity index (χ1v) is 8.72. The van der Waals surface area contributed by atoms with E-state index in [9.17, 15) is 14.4 Å². The summed E-state index contributed by atoms with van der Waals surface area (Å²) in [4.78, 5) is 38.4. The first-order chi connectivity index (χ1) is 10.6. The van der Waals surface area contributed by atoms with Gasteiger partial charge in [-0.2, -0.15) is 0 Å². The molecule has 23 heavy (non-hydrogen) atoms.